The molecule has 1 aromatic rings. The molecule has 1 heterocycles. The number of nitrogens with zero attached hydrogens (tertiary/aromatic N) is 1. The molecular weight excluding hydrogens is 206 g/mol. The van der Waals surface area contributed by atoms with E-state index >= 15 is 0 Å². The molecule has 2 atom stereocenters. The van der Waals surface area contributed by atoms with Crippen LogP contribution in [0, 0.1) is 5.92 Å². The summed E-state index contributed by atoms with van der Waals surface area (Å²) >= 11 is 1.69. The predicted octanol–water partition coefficient (Wildman–Crippen LogP) is 2.17. The van der Waals surface area contributed by atoms with E-state index in [1.54, 1.807) is 11.3 Å². The van der Waals surface area contributed by atoms with Crippen LogP contribution >= 0.6 is 11.3 Å². The zero-order chi connectivity index (χ0) is 11.3. The van der Waals surface area contributed by atoms with E-state index in [0.717, 1.165) is 18.0 Å². The summed E-state index contributed by atoms with van der Waals surface area (Å²) in [5, 5.41) is 6.59. The van der Waals surface area contributed by atoms with Crippen LogP contribution in [0.4, 0.5) is 0 Å². The van der Waals surface area contributed by atoms with Crippen LogP contribution in [0.2, 0.25) is 0 Å². The smallest absolute Gasteiger partial charge is 0.109 e. The van der Waals surface area contributed by atoms with Gasteiger partial charge in [-0.1, -0.05) is 13.8 Å². The highest BCUT2D eigenvalue weighted by Gasteiger charge is 2.10. The second-order valence-corrected chi connectivity index (χ2v) is 5.17. The Morgan fingerprint density at radius 3 is 2.73 bits per heavy atom. The average Bonchev–Trinajstić information content (AvgIpc) is 2.70. The van der Waals surface area contributed by atoms with Gasteiger partial charge in [0.1, 0.15) is 5.01 Å². The maximum absolute atomic E-state index is 5.97. The monoisotopic (exact) mass is 227 g/mol. The van der Waals surface area contributed by atoms with Gasteiger partial charge in [0.15, 0.2) is 0 Å². The number of thiazole rings is 1. The number of nitrogens with two attached hydrogens (primary N) is 1. The molecular formula is C11H21N3S. The van der Waals surface area contributed by atoms with Crippen LogP contribution in [-0.2, 0) is 0 Å². The van der Waals surface area contributed by atoms with E-state index < -0.39 is 0 Å². The number of hydrogen-bond acceptors (Lipinski definition) is 4. The van der Waals surface area contributed by atoms with Crippen molar-refractivity contribution in [1.82, 2.24) is 10.3 Å². The van der Waals surface area contributed by atoms with Crippen molar-refractivity contribution < 1.29 is 0 Å². The molecule has 15 heavy (non-hydrogen) atoms. The van der Waals surface area contributed by atoms with Gasteiger partial charge in [-0.25, -0.2) is 4.98 Å². The van der Waals surface area contributed by atoms with Crippen LogP contribution in [0.25, 0.3) is 0 Å². The van der Waals surface area contributed by atoms with E-state index in [9.17, 15) is 0 Å². The van der Waals surface area contributed by atoms with Crippen molar-refractivity contribution in [2.45, 2.75) is 39.3 Å². The fourth-order valence-corrected chi connectivity index (χ4v) is 2.01. The van der Waals surface area contributed by atoms with Crippen molar-refractivity contribution in [3.8, 4) is 0 Å². The van der Waals surface area contributed by atoms with Crippen molar-refractivity contribution in [1.29, 1.82) is 0 Å². The first kappa shape index (κ1) is 12.6. The minimum Gasteiger partial charge on any atom is -0.327 e. The summed E-state index contributed by atoms with van der Waals surface area (Å²) in [6, 6.07) is 0.630. The zero-order valence-corrected chi connectivity index (χ0v) is 10.6. The van der Waals surface area contributed by atoms with Crippen molar-refractivity contribution in [3.63, 3.8) is 0 Å². The van der Waals surface area contributed by atoms with Gasteiger partial charge in [-0.3, -0.25) is 0 Å². The lowest BCUT2D eigenvalue weighted by Gasteiger charge is -2.17. The van der Waals surface area contributed by atoms with Crippen molar-refractivity contribution >= 4 is 11.3 Å². The molecule has 2 unspecified atom stereocenters. The summed E-state index contributed by atoms with van der Waals surface area (Å²) in [6.45, 7) is 7.42. The SMILES string of the molecule is CC(NCCC(N)C(C)C)c1nccs1. The molecule has 86 valence electrons. The third-order valence-corrected chi connectivity index (χ3v) is 3.56. The Hall–Kier alpha value is -0.450. The molecule has 0 spiro atoms. The third kappa shape index (κ3) is 4.28. The second-order valence-electron chi connectivity index (χ2n) is 4.24. The average molecular weight is 227 g/mol. The molecule has 3 nitrogen and oxygen atoms in total. The van der Waals surface area contributed by atoms with Crippen molar-refractivity contribution in [3.05, 3.63) is 16.6 Å². The lowest BCUT2D eigenvalue weighted by Crippen LogP contribution is -2.31. The molecule has 0 aromatic carbocycles. The summed E-state index contributed by atoms with van der Waals surface area (Å²) in [5.41, 5.74) is 5.97. The molecule has 0 bridgehead atoms. The minimum atomic E-state index is 0.293. The van der Waals surface area contributed by atoms with Gasteiger partial charge in [0, 0.05) is 17.6 Å². The molecule has 0 aliphatic heterocycles. The van der Waals surface area contributed by atoms with Crippen LogP contribution in [-0.4, -0.2) is 17.6 Å². The quantitative estimate of drug-likeness (QED) is 0.783. The Kier molecular flexibility index (Phi) is 5.22. The largest absolute Gasteiger partial charge is 0.327 e. The molecule has 0 aliphatic rings. The first-order valence-electron chi connectivity index (χ1n) is 5.49. The van der Waals surface area contributed by atoms with Crippen molar-refractivity contribution in [2.24, 2.45) is 11.7 Å². The van der Waals surface area contributed by atoms with Crippen molar-refractivity contribution in [2.75, 3.05) is 6.54 Å². The van der Waals surface area contributed by atoms with Crippen LogP contribution in [0.15, 0.2) is 11.6 Å². The van der Waals surface area contributed by atoms with Gasteiger partial charge in [-0.05, 0) is 25.8 Å². The number of rotatable bonds is 6. The highest BCUT2D eigenvalue weighted by molar-refractivity contribution is 7.09. The van der Waals surface area contributed by atoms with Gasteiger partial charge in [0.25, 0.3) is 0 Å². The van der Waals surface area contributed by atoms with Gasteiger partial charge in [0.05, 0.1) is 6.04 Å². The van der Waals surface area contributed by atoms with Gasteiger partial charge in [0.2, 0.25) is 0 Å². The number of aromatic nitrogens is 1. The molecule has 0 radical (unpaired) electrons. The summed E-state index contributed by atoms with van der Waals surface area (Å²) < 4.78 is 0. The molecule has 0 aliphatic carbocycles. The van der Waals surface area contributed by atoms with E-state index in [4.69, 9.17) is 5.73 Å². The van der Waals surface area contributed by atoms with Crippen LogP contribution in [0.3, 0.4) is 0 Å². The molecule has 3 N–H and O–H groups in total. The Morgan fingerprint density at radius 1 is 1.47 bits per heavy atom. The van der Waals surface area contributed by atoms with Crippen LogP contribution in [0.5, 0.6) is 0 Å². The Morgan fingerprint density at radius 2 is 2.20 bits per heavy atom. The summed E-state index contributed by atoms with van der Waals surface area (Å²) in [7, 11) is 0. The molecule has 1 aromatic heterocycles. The topological polar surface area (TPSA) is 50.9 Å². The first-order chi connectivity index (χ1) is 7.11. The predicted molar refractivity (Wildman–Crippen MR) is 66.0 cm³/mol. The van der Waals surface area contributed by atoms with E-state index in [1.807, 2.05) is 11.6 Å². The van der Waals surface area contributed by atoms with E-state index in [2.05, 4.69) is 31.1 Å². The Labute approximate surface area is 96.1 Å². The fourth-order valence-electron chi connectivity index (χ4n) is 1.34. The normalized spacial score (nSPS) is 15.5. The molecule has 0 amide bonds. The standard InChI is InChI=1S/C11H21N3S/c1-8(2)10(12)4-5-13-9(3)11-14-6-7-15-11/h6-10,13H,4-5,12H2,1-3H3. The number of nitrogens with one attached hydrogen (secondary N) is 1. The van der Waals surface area contributed by atoms with E-state index in [0.29, 0.717) is 18.0 Å². The third-order valence-electron chi connectivity index (χ3n) is 2.61. The van der Waals surface area contributed by atoms with Gasteiger partial charge >= 0.3 is 0 Å². The lowest BCUT2D eigenvalue weighted by molar-refractivity contribution is 0.435. The number of hydrogen-bond donors (Lipinski definition) is 2. The highest BCUT2D eigenvalue weighted by Crippen LogP contribution is 2.14. The first-order valence-corrected chi connectivity index (χ1v) is 6.37. The maximum Gasteiger partial charge on any atom is 0.109 e. The summed E-state index contributed by atoms with van der Waals surface area (Å²) in [6.07, 6.45) is 2.87. The van der Waals surface area contributed by atoms with Crippen LogP contribution < -0.4 is 11.1 Å². The second kappa shape index (κ2) is 6.20. The molecule has 4 heteroatoms. The highest BCUT2D eigenvalue weighted by atomic mass is 32.1. The van der Waals surface area contributed by atoms with Gasteiger partial charge in [-0.2, -0.15) is 0 Å². The molecule has 0 saturated carbocycles. The zero-order valence-electron chi connectivity index (χ0n) is 9.73. The summed E-state index contributed by atoms with van der Waals surface area (Å²) in [5.74, 6) is 0.557. The summed E-state index contributed by atoms with van der Waals surface area (Å²) in [4.78, 5) is 4.27. The van der Waals surface area contributed by atoms with E-state index in [1.165, 1.54) is 0 Å². The Balaban J connectivity index is 2.21. The Bertz CT molecular complexity index is 259. The van der Waals surface area contributed by atoms with Gasteiger partial charge < -0.3 is 11.1 Å². The minimum absolute atomic E-state index is 0.293. The van der Waals surface area contributed by atoms with E-state index in [-0.39, 0.29) is 0 Å². The maximum atomic E-state index is 5.97. The van der Waals surface area contributed by atoms with Gasteiger partial charge in [-0.15, -0.1) is 11.3 Å². The lowest BCUT2D eigenvalue weighted by atomic mass is 10.0. The fraction of sp³-hybridized carbons (Fsp3) is 0.727. The molecule has 0 saturated heterocycles. The molecule has 1 rings (SSSR count). The molecule has 0 fully saturated rings. The van der Waals surface area contributed by atoms with Crippen LogP contribution in [0.1, 0.15) is 38.2 Å².